The van der Waals surface area contributed by atoms with Crippen molar-refractivity contribution in [3.63, 3.8) is 0 Å². The Labute approximate surface area is 171 Å². The molecule has 0 N–H and O–H groups in total. The van der Waals surface area contributed by atoms with Crippen LogP contribution in [-0.4, -0.2) is 43.6 Å². The van der Waals surface area contributed by atoms with Gasteiger partial charge in [0.2, 0.25) is 11.8 Å². The Kier molecular flexibility index (Phi) is 4.62. The Balaban J connectivity index is 1.23. The molecule has 1 aliphatic rings. The van der Waals surface area contributed by atoms with Gasteiger partial charge in [0.15, 0.2) is 5.76 Å². The van der Waals surface area contributed by atoms with E-state index < -0.39 is 0 Å². The van der Waals surface area contributed by atoms with Gasteiger partial charge in [0.05, 0.1) is 23.5 Å². The molecule has 5 rings (SSSR count). The molecule has 30 heavy (non-hydrogen) atoms. The normalized spacial score (nSPS) is 15.0. The predicted octanol–water partition coefficient (Wildman–Crippen LogP) is 2.45. The Morgan fingerprint density at radius 3 is 2.73 bits per heavy atom. The summed E-state index contributed by atoms with van der Waals surface area (Å²) in [6.45, 7) is 1.11. The maximum absolute atomic E-state index is 12.7. The van der Waals surface area contributed by atoms with Crippen LogP contribution in [-0.2, 0) is 11.3 Å². The van der Waals surface area contributed by atoms with Gasteiger partial charge in [0.25, 0.3) is 11.4 Å². The van der Waals surface area contributed by atoms with Crippen molar-refractivity contribution in [2.24, 2.45) is 0 Å². The highest BCUT2D eigenvalue weighted by Gasteiger charge is 2.28. The van der Waals surface area contributed by atoms with Crippen LogP contribution in [0.2, 0.25) is 0 Å². The van der Waals surface area contributed by atoms with Gasteiger partial charge in [-0.2, -0.15) is 0 Å². The second-order valence-corrected chi connectivity index (χ2v) is 7.27. The molecule has 1 fully saturated rings. The summed E-state index contributed by atoms with van der Waals surface area (Å²) >= 11 is 0. The van der Waals surface area contributed by atoms with Crippen LogP contribution in [0.15, 0.2) is 62.6 Å². The maximum atomic E-state index is 12.7. The molecule has 1 amide bonds. The van der Waals surface area contributed by atoms with Crippen LogP contribution in [0.1, 0.15) is 24.7 Å². The predicted molar refractivity (Wildman–Crippen MR) is 107 cm³/mol. The van der Waals surface area contributed by atoms with E-state index in [1.807, 2.05) is 6.07 Å². The first-order valence-electron chi connectivity index (χ1n) is 9.78. The number of amides is 1. The second kappa shape index (κ2) is 7.58. The number of piperidine rings is 1. The number of carbonyl (C=O) groups excluding carboxylic acids is 1. The summed E-state index contributed by atoms with van der Waals surface area (Å²) in [4.78, 5) is 31.4. The van der Waals surface area contributed by atoms with Gasteiger partial charge >= 0.3 is 0 Å². The zero-order chi connectivity index (χ0) is 20.5. The van der Waals surface area contributed by atoms with E-state index in [0.29, 0.717) is 41.5 Å². The van der Waals surface area contributed by atoms with Crippen LogP contribution in [0.25, 0.3) is 22.6 Å². The highest BCUT2D eigenvalue weighted by Crippen LogP contribution is 2.29. The molecule has 0 bridgehead atoms. The fourth-order valence-electron chi connectivity index (χ4n) is 3.74. The van der Waals surface area contributed by atoms with Gasteiger partial charge in [0.1, 0.15) is 6.54 Å². The Hall–Kier alpha value is -3.75. The molecule has 0 unspecified atom stereocenters. The molecule has 0 aliphatic carbocycles. The van der Waals surface area contributed by atoms with E-state index in [1.54, 1.807) is 41.5 Å². The molecule has 0 spiro atoms. The Morgan fingerprint density at radius 1 is 1.10 bits per heavy atom. The van der Waals surface area contributed by atoms with Crippen molar-refractivity contribution in [3.05, 3.63) is 65.2 Å². The van der Waals surface area contributed by atoms with E-state index in [1.165, 1.54) is 10.9 Å². The average Bonchev–Trinajstić information content (AvgIpc) is 3.48. The summed E-state index contributed by atoms with van der Waals surface area (Å²) in [5.74, 6) is 1.45. The molecule has 4 aromatic rings. The molecule has 0 saturated carbocycles. The summed E-state index contributed by atoms with van der Waals surface area (Å²) in [7, 11) is 0. The van der Waals surface area contributed by atoms with Crippen molar-refractivity contribution in [2.45, 2.75) is 25.3 Å². The Bertz CT molecular complexity index is 1240. The summed E-state index contributed by atoms with van der Waals surface area (Å²) in [5, 5.41) is 8.69. The lowest BCUT2D eigenvalue weighted by Gasteiger charge is -2.30. The molecular formula is C21H19N5O4. The first-order chi connectivity index (χ1) is 14.7. The second-order valence-electron chi connectivity index (χ2n) is 7.27. The van der Waals surface area contributed by atoms with Crippen LogP contribution >= 0.6 is 0 Å². The number of nitrogens with zero attached hydrogens (tertiary/aromatic N) is 5. The fraction of sp³-hybridized carbons (Fsp3) is 0.286. The lowest BCUT2D eigenvalue weighted by Crippen LogP contribution is -2.41. The highest BCUT2D eigenvalue weighted by molar-refractivity contribution is 5.79. The Morgan fingerprint density at radius 2 is 1.93 bits per heavy atom. The minimum atomic E-state index is -0.208. The number of para-hydroxylation sites is 1. The molecule has 1 aromatic carbocycles. The third kappa shape index (κ3) is 3.38. The summed E-state index contributed by atoms with van der Waals surface area (Å²) in [6, 6.07) is 10.6. The quantitative estimate of drug-likeness (QED) is 0.513. The van der Waals surface area contributed by atoms with Crippen LogP contribution in [0.3, 0.4) is 0 Å². The third-order valence-electron chi connectivity index (χ3n) is 5.41. The molecule has 3 aromatic heterocycles. The zero-order valence-corrected chi connectivity index (χ0v) is 16.1. The zero-order valence-electron chi connectivity index (χ0n) is 16.1. The fourth-order valence-corrected chi connectivity index (χ4v) is 3.74. The molecule has 1 saturated heterocycles. The maximum Gasteiger partial charge on any atom is 0.283 e. The van der Waals surface area contributed by atoms with Crippen LogP contribution in [0, 0.1) is 0 Å². The van der Waals surface area contributed by atoms with E-state index in [4.69, 9.17) is 8.83 Å². The largest absolute Gasteiger partial charge is 0.459 e. The van der Waals surface area contributed by atoms with Crippen molar-refractivity contribution >= 4 is 16.8 Å². The first-order valence-corrected chi connectivity index (χ1v) is 9.78. The number of aromatic nitrogens is 4. The van der Waals surface area contributed by atoms with Crippen LogP contribution < -0.4 is 5.56 Å². The summed E-state index contributed by atoms with van der Waals surface area (Å²) in [6.07, 6.45) is 4.43. The minimum absolute atomic E-state index is 0.0233. The van der Waals surface area contributed by atoms with Crippen molar-refractivity contribution in [3.8, 4) is 11.7 Å². The van der Waals surface area contributed by atoms with Crippen molar-refractivity contribution < 1.29 is 13.6 Å². The molecule has 1 aliphatic heterocycles. The molecule has 0 radical (unpaired) electrons. The van der Waals surface area contributed by atoms with E-state index in [-0.39, 0.29) is 23.9 Å². The molecule has 4 heterocycles. The van der Waals surface area contributed by atoms with Crippen molar-refractivity contribution in [2.75, 3.05) is 13.1 Å². The number of likely N-dealkylation sites (tertiary alicyclic amines) is 1. The topological polar surface area (TPSA) is 107 Å². The van der Waals surface area contributed by atoms with Gasteiger partial charge in [-0.1, -0.05) is 12.1 Å². The number of furan rings is 1. The van der Waals surface area contributed by atoms with Gasteiger partial charge in [-0.3, -0.25) is 14.2 Å². The SMILES string of the molecule is O=C(Cn1cnc2ccccc2c1=O)N1CCC(c2nnc(-c3ccco3)o2)CC1. The smallest absolute Gasteiger partial charge is 0.283 e. The van der Waals surface area contributed by atoms with E-state index in [2.05, 4.69) is 15.2 Å². The third-order valence-corrected chi connectivity index (χ3v) is 5.41. The lowest BCUT2D eigenvalue weighted by molar-refractivity contribution is -0.133. The number of benzene rings is 1. The van der Waals surface area contributed by atoms with Crippen LogP contribution in [0.4, 0.5) is 0 Å². The summed E-state index contributed by atoms with van der Waals surface area (Å²) in [5.41, 5.74) is 0.417. The van der Waals surface area contributed by atoms with Gasteiger partial charge < -0.3 is 13.7 Å². The van der Waals surface area contributed by atoms with Crippen LogP contribution in [0.5, 0.6) is 0 Å². The lowest BCUT2D eigenvalue weighted by atomic mass is 9.97. The number of carbonyl (C=O) groups is 1. The number of hydrogen-bond donors (Lipinski definition) is 0. The van der Waals surface area contributed by atoms with E-state index in [9.17, 15) is 9.59 Å². The van der Waals surface area contributed by atoms with E-state index in [0.717, 1.165) is 12.8 Å². The highest BCUT2D eigenvalue weighted by atomic mass is 16.4. The number of hydrogen-bond acceptors (Lipinski definition) is 7. The van der Waals surface area contributed by atoms with Gasteiger partial charge in [-0.15, -0.1) is 10.2 Å². The van der Waals surface area contributed by atoms with Gasteiger partial charge in [-0.05, 0) is 37.1 Å². The number of rotatable bonds is 4. The molecule has 9 nitrogen and oxygen atoms in total. The monoisotopic (exact) mass is 405 g/mol. The molecule has 152 valence electrons. The molecular weight excluding hydrogens is 386 g/mol. The van der Waals surface area contributed by atoms with Crippen molar-refractivity contribution in [1.82, 2.24) is 24.6 Å². The average molecular weight is 405 g/mol. The summed E-state index contributed by atoms with van der Waals surface area (Å²) < 4.78 is 12.4. The standard InChI is InChI=1S/C21H19N5O4/c27-18(12-26-13-22-16-5-2-1-4-15(16)21(26)28)25-9-7-14(8-10-25)19-23-24-20(30-19)17-6-3-11-29-17/h1-6,11,13-14H,7-10,12H2. The van der Waals surface area contributed by atoms with Gasteiger partial charge in [0, 0.05) is 19.0 Å². The number of fused-ring (bicyclic) bond motifs is 1. The first kappa shape index (κ1) is 18.3. The van der Waals surface area contributed by atoms with E-state index >= 15 is 0 Å². The minimum Gasteiger partial charge on any atom is -0.459 e. The molecule has 9 heteroatoms. The molecule has 0 atom stereocenters. The van der Waals surface area contributed by atoms with Crippen molar-refractivity contribution in [1.29, 1.82) is 0 Å². The van der Waals surface area contributed by atoms with Gasteiger partial charge in [-0.25, -0.2) is 4.98 Å².